The van der Waals surface area contributed by atoms with Crippen LogP contribution >= 0.6 is 23.2 Å². The molecule has 2 rings (SSSR count). The standard InChI is InChI=1S/C11H13Cl2NO/c12-8-9-7-10(13)1-2-11(9)14-3-5-15-6-4-14/h1-2,7H,3-6,8H2. The third-order valence-electron chi connectivity index (χ3n) is 2.54. The molecule has 1 aromatic carbocycles. The van der Waals surface area contributed by atoms with Gasteiger partial charge in [-0.1, -0.05) is 11.6 Å². The van der Waals surface area contributed by atoms with E-state index in [0.29, 0.717) is 5.88 Å². The van der Waals surface area contributed by atoms with E-state index in [2.05, 4.69) is 4.90 Å². The summed E-state index contributed by atoms with van der Waals surface area (Å²) in [6.45, 7) is 3.41. The molecular formula is C11H13Cl2NO. The SMILES string of the molecule is ClCc1cc(Cl)ccc1N1CCOCC1. The Morgan fingerprint density at radius 3 is 2.67 bits per heavy atom. The molecule has 1 aliphatic heterocycles. The first-order valence-electron chi connectivity index (χ1n) is 4.98. The van der Waals surface area contributed by atoms with Crippen LogP contribution in [0.5, 0.6) is 0 Å². The minimum Gasteiger partial charge on any atom is -0.378 e. The fourth-order valence-corrected chi connectivity index (χ4v) is 2.18. The van der Waals surface area contributed by atoms with Crippen LogP contribution in [-0.2, 0) is 10.6 Å². The number of benzene rings is 1. The van der Waals surface area contributed by atoms with Crippen molar-refractivity contribution in [2.45, 2.75) is 5.88 Å². The smallest absolute Gasteiger partial charge is 0.0642 e. The second-order valence-electron chi connectivity index (χ2n) is 3.51. The molecule has 4 heteroatoms. The van der Waals surface area contributed by atoms with Crippen LogP contribution in [0.25, 0.3) is 0 Å². The predicted molar refractivity (Wildman–Crippen MR) is 64.0 cm³/mol. The summed E-state index contributed by atoms with van der Waals surface area (Å²) in [6, 6.07) is 5.87. The lowest BCUT2D eigenvalue weighted by molar-refractivity contribution is 0.122. The van der Waals surface area contributed by atoms with Crippen LogP contribution in [0.15, 0.2) is 18.2 Å². The lowest BCUT2D eigenvalue weighted by atomic mass is 10.1. The van der Waals surface area contributed by atoms with Crippen molar-refractivity contribution in [1.29, 1.82) is 0 Å². The van der Waals surface area contributed by atoms with Crippen LogP contribution in [0, 0.1) is 0 Å². The molecule has 2 nitrogen and oxygen atoms in total. The number of ether oxygens (including phenoxy) is 1. The Morgan fingerprint density at radius 2 is 2.00 bits per heavy atom. The molecule has 82 valence electrons. The second-order valence-corrected chi connectivity index (χ2v) is 4.21. The van der Waals surface area contributed by atoms with Gasteiger partial charge in [0, 0.05) is 29.7 Å². The summed E-state index contributed by atoms with van der Waals surface area (Å²) < 4.78 is 5.32. The Kier molecular flexibility index (Phi) is 3.73. The minimum atomic E-state index is 0.493. The maximum atomic E-state index is 5.93. The van der Waals surface area contributed by atoms with Gasteiger partial charge >= 0.3 is 0 Å². The average molecular weight is 246 g/mol. The summed E-state index contributed by atoms with van der Waals surface area (Å²) in [7, 11) is 0. The van der Waals surface area contributed by atoms with Crippen molar-refractivity contribution >= 4 is 28.9 Å². The molecule has 0 amide bonds. The molecule has 15 heavy (non-hydrogen) atoms. The van der Waals surface area contributed by atoms with Crippen molar-refractivity contribution in [2.75, 3.05) is 31.2 Å². The molecule has 1 aliphatic rings. The molecule has 0 unspecified atom stereocenters. The fraction of sp³-hybridized carbons (Fsp3) is 0.455. The van der Waals surface area contributed by atoms with Gasteiger partial charge in [-0.2, -0.15) is 0 Å². The largest absolute Gasteiger partial charge is 0.378 e. The lowest BCUT2D eigenvalue weighted by Gasteiger charge is -2.30. The maximum Gasteiger partial charge on any atom is 0.0642 e. The quantitative estimate of drug-likeness (QED) is 0.744. The molecule has 0 spiro atoms. The highest BCUT2D eigenvalue weighted by atomic mass is 35.5. The topological polar surface area (TPSA) is 12.5 Å². The number of morpholine rings is 1. The number of hydrogen-bond donors (Lipinski definition) is 0. The Balaban J connectivity index is 2.25. The maximum absolute atomic E-state index is 5.93. The summed E-state index contributed by atoms with van der Waals surface area (Å²) in [5.74, 6) is 0.493. The first-order chi connectivity index (χ1) is 7.31. The van der Waals surface area contributed by atoms with Gasteiger partial charge in [0.15, 0.2) is 0 Å². The number of rotatable bonds is 2. The van der Waals surface area contributed by atoms with Crippen molar-refractivity contribution in [1.82, 2.24) is 0 Å². The number of halogens is 2. The van der Waals surface area contributed by atoms with E-state index in [-0.39, 0.29) is 0 Å². The minimum absolute atomic E-state index is 0.493. The van der Waals surface area contributed by atoms with E-state index in [4.69, 9.17) is 27.9 Å². The van der Waals surface area contributed by atoms with Gasteiger partial charge in [-0.3, -0.25) is 0 Å². The van der Waals surface area contributed by atoms with Crippen molar-refractivity contribution in [3.8, 4) is 0 Å². The van der Waals surface area contributed by atoms with E-state index in [0.717, 1.165) is 36.9 Å². The highest BCUT2D eigenvalue weighted by Crippen LogP contribution is 2.26. The molecular weight excluding hydrogens is 233 g/mol. The summed E-state index contributed by atoms with van der Waals surface area (Å²) in [5.41, 5.74) is 2.27. The summed E-state index contributed by atoms with van der Waals surface area (Å²) in [4.78, 5) is 2.29. The van der Waals surface area contributed by atoms with Crippen LogP contribution < -0.4 is 4.90 Å². The van der Waals surface area contributed by atoms with Crippen LogP contribution in [0.3, 0.4) is 0 Å². The van der Waals surface area contributed by atoms with E-state index in [1.54, 1.807) is 0 Å². The molecule has 0 saturated carbocycles. The molecule has 1 heterocycles. The van der Waals surface area contributed by atoms with Crippen molar-refractivity contribution in [3.63, 3.8) is 0 Å². The van der Waals surface area contributed by atoms with E-state index in [1.165, 1.54) is 5.69 Å². The first-order valence-corrected chi connectivity index (χ1v) is 5.89. The Morgan fingerprint density at radius 1 is 1.27 bits per heavy atom. The molecule has 0 bridgehead atoms. The van der Waals surface area contributed by atoms with E-state index < -0.39 is 0 Å². The normalized spacial score (nSPS) is 16.8. The Labute approximate surface area is 99.7 Å². The second kappa shape index (κ2) is 5.06. The molecule has 1 saturated heterocycles. The van der Waals surface area contributed by atoms with Crippen LogP contribution in [0.2, 0.25) is 5.02 Å². The zero-order chi connectivity index (χ0) is 10.7. The van der Waals surface area contributed by atoms with Crippen LogP contribution in [-0.4, -0.2) is 26.3 Å². The van der Waals surface area contributed by atoms with Crippen LogP contribution in [0.1, 0.15) is 5.56 Å². The van der Waals surface area contributed by atoms with E-state index in [1.807, 2.05) is 18.2 Å². The van der Waals surface area contributed by atoms with Crippen molar-refractivity contribution in [3.05, 3.63) is 28.8 Å². The molecule has 0 aliphatic carbocycles. The zero-order valence-corrected chi connectivity index (χ0v) is 9.89. The van der Waals surface area contributed by atoms with Gasteiger partial charge in [0.2, 0.25) is 0 Å². The van der Waals surface area contributed by atoms with Gasteiger partial charge in [-0.25, -0.2) is 0 Å². The first kappa shape index (κ1) is 11.1. The molecule has 0 aromatic heterocycles. The fourth-order valence-electron chi connectivity index (χ4n) is 1.77. The zero-order valence-electron chi connectivity index (χ0n) is 8.38. The summed E-state index contributed by atoms with van der Waals surface area (Å²) >= 11 is 11.8. The highest BCUT2D eigenvalue weighted by Gasteiger charge is 2.14. The average Bonchev–Trinajstić information content (AvgIpc) is 2.30. The molecule has 0 N–H and O–H groups in total. The van der Waals surface area contributed by atoms with Gasteiger partial charge in [-0.15, -0.1) is 11.6 Å². The molecule has 1 aromatic rings. The number of hydrogen-bond acceptors (Lipinski definition) is 2. The third-order valence-corrected chi connectivity index (χ3v) is 3.06. The van der Waals surface area contributed by atoms with E-state index >= 15 is 0 Å². The van der Waals surface area contributed by atoms with Crippen molar-refractivity contribution in [2.24, 2.45) is 0 Å². The monoisotopic (exact) mass is 245 g/mol. The summed E-state index contributed by atoms with van der Waals surface area (Å²) in [5, 5.41) is 0.739. The van der Waals surface area contributed by atoms with Gasteiger partial charge < -0.3 is 9.64 Å². The number of anilines is 1. The molecule has 1 fully saturated rings. The Hall–Kier alpha value is -0.440. The number of alkyl halides is 1. The number of nitrogens with zero attached hydrogens (tertiary/aromatic N) is 1. The summed E-state index contributed by atoms with van der Waals surface area (Å²) in [6.07, 6.45) is 0. The van der Waals surface area contributed by atoms with E-state index in [9.17, 15) is 0 Å². The van der Waals surface area contributed by atoms with Gasteiger partial charge in [0.1, 0.15) is 0 Å². The van der Waals surface area contributed by atoms with Crippen LogP contribution in [0.4, 0.5) is 5.69 Å². The molecule has 0 atom stereocenters. The van der Waals surface area contributed by atoms with Gasteiger partial charge in [0.05, 0.1) is 13.2 Å². The third kappa shape index (κ3) is 2.57. The lowest BCUT2D eigenvalue weighted by Crippen LogP contribution is -2.36. The predicted octanol–water partition coefficient (Wildman–Crippen LogP) is 2.92. The van der Waals surface area contributed by atoms with Crippen molar-refractivity contribution < 1.29 is 4.74 Å². The van der Waals surface area contributed by atoms with Gasteiger partial charge in [-0.05, 0) is 23.8 Å². The highest BCUT2D eigenvalue weighted by molar-refractivity contribution is 6.30. The van der Waals surface area contributed by atoms with Gasteiger partial charge in [0.25, 0.3) is 0 Å². The Bertz CT molecular complexity index is 337. The molecule has 0 radical (unpaired) electrons.